The third-order valence-electron chi connectivity index (χ3n) is 3.84. The van der Waals surface area contributed by atoms with Crippen molar-refractivity contribution < 1.29 is 8.42 Å². The first kappa shape index (κ1) is 21.5. The number of rotatable bonds is 8. The predicted octanol–water partition coefficient (Wildman–Crippen LogP) is 1.66. The molecule has 0 aliphatic heterocycles. The fourth-order valence-electron chi connectivity index (χ4n) is 2.26. The summed E-state index contributed by atoms with van der Waals surface area (Å²) in [5.41, 5.74) is 2.18. The summed E-state index contributed by atoms with van der Waals surface area (Å²) in [6.45, 7) is 13.7. The number of sulfone groups is 1. The number of aromatic nitrogens is 2. The van der Waals surface area contributed by atoms with Gasteiger partial charge in [-0.05, 0) is 54.0 Å². The Morgan fingerprint density at radius 2 is 1.96 bits per heavy atom. The van der Waals surface area contributed by atoms with Crippen LogP contribution in [-0.4, -0.2) is 54.3 Å². The first-order chi connectivity index (χ1) is 11.6. The van der Waals surface area contributed by atoms with Gasteiger partial charge in [0.05, 0.1) is 16.2 Å². The fourth-order valence-corrected chi connectivity index (χ4v) is 3.25. The van der Waals surface area contributed by atoms with E-state index in [2.05, 4.69) is 26.8 Å². The molecule has 8 heteroatoms. The SMILES string of the molecule is CCNC(=NCCCn1nc(C)cc1C)NCCS(=O)(=O)C(C)(C)C. The molecule has 0 saturated heterocycles. The van der Waals surface area contributed by atoms with Gasteiger partial charge >= 0.3 is 0 Å². The average molecular weight is 372 g/mol. The molecule has 2 N–H and O–H groups in total. The van der Waals surface area contributed by atoms with Crippen LogP contribution in [0.2, 0.25) is 0 Å². The van der Waals surface area contributed by atoms with Crippen molar-refractivity contribution in [2.45, 2.75) is 59.3 Å². The normalized spacial score (nSPS) is 13.1. The molecule has 144 valence electrons. The Labute approximate surface area is 152 Å². The molecule has 0 atom stereocenters. The molecular weight excluding hydrogens is 338 g/mol. The smallest absolute Gasteiger partial charge is 0.191 e. The Hall–Kier alpha value is -1.57. The van der Waals surface area contributed by atoms with Gasteiger partial charge in [-0.15, -0.1) is 0 Å². The second-order valence-corrected chi connectivity index (χ2v) is 9.98. The predicted molar refractivity (Wildman–Crippen MR) is 104 cm³/mol. The highest BCUT2D eigenvalue weighted by atomic mass is 32.2. The molecule has 1 aromatic heterocycles. The van der Waals surface area contributed by atoms with Crippen LogP contribution < -0.4 is 10.6 Å². The molecule has 1 aromatic rings. The van der Waals surface area contributed by atoms with E-state index in [0.29, 0.717) is 19.0 Å². The van der Waals surface area contributed by atoms with Gasteiger partial charge in [-0.3, -0.25) is 9.67 Å². The van der Waals surface area contributed by atoms with Crippen LogP contribution in [0.4, 0.5) is 0 Å². The molecule has 0 aliphatic rings. The van der Waals surface area contributed by atoms with Gasteiger partial charge in [-0.2, -0.15) is 5.10 Å². The van der Waals surface area contributed by atoms with Crippen LogP contribution in [0.15, 0.2) is 11.1 Å². The third-order valence-corrected chi connectivity index (χ3v) is 6.45. The number of nitrogens with one attached hydrogen (secondary N) is 2. The molecule has 0 radical (unpaired) electrons. The molecule has 25 heavy (non-hydrogen) atoms. The minimum atomic E-state index is -3.13. The maximum absolute atomic E-state index is 12.1. The highest BCUT2D eigenvalue weighted by Crippen LogP contribution is 2.15. The molecule has 0 bridgehead atoms. The summed E-state index contributed by atoms with van der Waals surface area (Å²) >= 11 is 0. The molecule has 0 saturated carbocycles. The number of hydrogen-bond donors (Lipinski definition) is 2. The number of nitrogens with zero attached hydrogens (tertiary/aromatic N) is 3. The third kappa shape index (κ3) is 7.05. The quantitative estimate of drug-likeness (QED) is 0.412. The van der Waals surface area contributed by atoms with Crippen LogP contribution in [-0.2, 0) is 16.4 Å². The number of aryl methyl sites for hydroxylation is 3. The number of guanidine groups is 1. The Morgan fingerprint density at radius 3 is 2.48 bits per heavy atom. The Morgan fingerprint density at radius 1 is 1.28 bits per heavy atom. The van der Waals surface area contributed by atoms with Crippen LogP contribution in [0, 0.1) is 13.8 Å². The molecule has 0 fully saturated rings. The lowest BCUT2D eigenvalue weighted by Gasteiger charge is -2.19. The average Bonchev–Trinajstić information content (AvgIpc) is 2.80. The Kier molecular flexibility index (Phi) is 7.92. The first-order valence-electron chi connectivity index (χ1n) is 8.82. The Balaban J connectivity index is 2.47. The van der Waals surface area contributed by atoms with Crippen molar-refractivity contribution in [3.8, 4) is 0 Å². The van der Waals surface area contributed by atoms with E-state index in [-0.39, 0.29) is 5.75 Å². The topological polar surface area (TPSA) is 88.4 Å². The van der Waals surface area contributed by atoms with Crippen molar-refractivity contribution in [2.24, 2.45) is 4.99 Å². The van der Waals surface area contributed by atoms with Gasteiger partial charge in [-0.25, -0.2) is 8.42 Å². The summed E-state index contributed by atoms with van der Waals surface area (Å²) in [7, 11) is -3.13. The molecule has 0 unspecified atom stereocenters. The largest absolute Gasteiger partial charge is 0.357 e. The van der Waals surface area contributed by atoms with Gasteiger partial charge in [0.15, 0.2) is 15.8 Å². The van der Waals surface area contributed by atoms with Crippen molar-refractivity contribution in [3.63, 3.8) is 0 Å². The van der Waals surface area contributed by atoms with Gasteiger partial charge in [0, 0.05) is 31.9 Å². The highest BCUT2D eigenvalue weighted by molar-refractivity contribution is 7.92. The lowest BCUT2D eigenvalue weighted by atomic mass is 10.3. The maximum atomic E-state index is 12.1. The molecule has 0 aliphatic carbocycles. The summed E-state index contributed by atoms with van der Waals surface area (Å²) in [6, 6.07) is 2.06. The van der Waals surface area contributed by atoms with E-state index in [1.165, 1.54) is 0 Å². The zero-order valence-corrected chi connectivity index (χ0v) is 17.2. The molecular formula is C17H33N5O2S. The van der Waals surface area contributed by atoms with Gasteiger partial charge in [-0.1, -0.05) is 0 Å². The minimum Gasteiger partial charge on any atom is -0.357 e. The van der Waals surface area contributed by atoms with Crippen molar-refractivity contribution in [1.82, 2.24) is 20.4 Å². The van der Waals surface area contributed by atoms with Gasteiger partial charge in [0.2, 0.25) is 0 Å². The number of hydrogen-bond acceptors (Lipinski definition) is 4. The van der Waals surface area contributed by atoms with E-state index in [1.54, 1.807) is 20.8 Å². The summed E-state index contributed by atoms with van der Waals surface area (Å²) in [5, 5.41) is 10.7. The number of aliphatic imine (C=N–C) groups is 1. The monoisotopic (exact) mass is 371 g/mol. The minimum absolute atomic E-state index is 0.0900. The van der Waals surface area contributed by atoms with Crippen LogP contribution in [0.25, 0.3) is 0 Å². The molecule has 0 amide bonds. The van der Waals surface area contributed by atoms with Crippen molar-refractivity contribution in [2.75, 3.05) is 25.4 Å². The highest BCUT2D eigenvalue weighted by Gasteiger charge is 2.28. The van der Waals surface area contributed by atoms with Crippen molar-refractivity contribution >= 4 is 15.8 Å². The van der Waals surface area contributed by atoms with E-state index in [1.807, 2.05) is 25.5 Å². The van der Waals surface area contributed by atoms with Crippen molar-refractivity contribution in [1.29, 1.82) is 0 Å². The van der Waals surface area contributed by atoms with Crippen LogP contribution >= 0.6 is 0 Å². The maximum Gasteiger partial charge on any atom is 0.191 e. The zero-order chi connectivity index (χ0) is 19.1. The Bertz CT molecular complexity index is 672. The lowest BCUT2D eigenvalue weighted by molar-refractivity contribution is 0.558. The lowest BCUT2D eigenvalue weighted by Crippen LogP contribution is -2.41. The standard InChI is InChI=1S/C17H33N5O2S/c1-7-18-16(20-10-12-25(23,24)17(4,5)6)19-9-8-11-22-15(3)13-14(2)21-22/h13H,7-12H2,1-6H3,(H2,18,19,20). The van der Waals surface area contributed by atoms with Crippen LogP contribution in [0.3, 0.4) is 0 Å². The molecule has 0 spiro atoms. The summed E-state index contributed by atoms with van der Waals surface area (Å²) in [4.78, 5) is 4.51. The van der Waals surface area contributed by atoms with E-state index in [9.17, 15) is 8.42 Å². The fraction of sp³-hybridized carbons (Fsp3) is 0.765. The van der Waals surface area contributed by atoms with E-state index in [0.717, 1.165) is 30.9 Å². The molecule has 1 rings (SSSR count). The summed E-state index contributed by atoms with van der Waals surface area (Å²) < 4.78 is 25.5. The van der Waals surface area contributed by atoms with E-state index < -0.39 is 14.6 Å². The van der Waals surface area contributed by atoms with Gasteiger partial charge in [0.1, 0.15) is 0 Å². The van der Waals surface area contributed by atoms with Crippen LogP contribution in [0.5, 0.6) is 0 Å². The van der Waals surface area contributed by atoms with Crippen molar-refractivity contribution in [3.05, 3.63) is 17.5 Å². The second kappa shape index (κ2) is 9.22. The zero-order valence-electron chi connectivity index (χ0n) is 16.4. The van der Waals surface area contributed by atoms with E-state index in [4.69, 9.17) is 0 Å². The first-order valence-corrected chi connectivity index (χ1v) is 10.5. The van der Waals surface area contributed by atoms with E-state index >= 15 is 0 Å². The molecule has 1 heterocycles. The van der Waals surface area contributed by atoms with Gasteiger partial charge in [0.25, 0.3) is 0 Å². The van der Waals surface area contributed by atoms with Crippen LogP contribution in [0.1, 0.15) is 45.5 Å². The molecule has 0 aromatic carbocycles. The van der Waals surface area contributed by atoms with Gasteiger partial charge < -0.3 is 10.6 Å². The summed E-state index contributed by atoms with van der Waals surface area (Å²) in [6.07, 6.45) is 0.874. The summed E-state index contributed by atoms with van der Waals surface area (Å²) in [5.74, 6) is 0.743. The molecule has 7 nitrogen and oxygen atoms in total. The second-order valence-electron chi connectivity index (χ2n) is 7.12.